The molecule has 1 fully saturated rings. The number of carbonyl (C=O) groups excluding carboxylic acids is 1. The third kappa shape index (κ3) is 3.20. The Labute approximate surface area is 142 Å². The van der Waals surface area contributed by atoms with Crippen LogP contribution in [0.2, 0.25) is 0 Å². The minimum absolute atomic E-state index is 0.0753. The van der Waals surface area contributed by atoms with Crippen molar-refractivity contribution >= 4 is 11.6 Å². The van der Waals surface area contributed by atoms with E-state index in [1.807, 2.05) is 42.7 Å². The van der Waals surface area contributed by atoms with Crippen molar-refractivity contribution in [1.82, 2.24) is 4.90 Å². The summed E-state index contributed by atoms with van der Waals surface area (Å²) in [7, 11) is 0. The Morgan fingerprint density at radius 1 is 1.12 bits per heavy atom. The van der Waals surface area contributed by atoms with Crippen LogP contribution >= 0.6 is 0 Å². The summed E-state index contributed by atoms with van der Waals surface area (Å²) >= 11 is 0. The Morgan fingerprint density at radius 3 is 2.62 bits per heavy atom. The number of hydrogen-bond donors (Lipinski definition) is 0. The Bertz CT molecular complexity index is 759. The molecule has 24 heavy (non-hydrogen) atoms. The van der Waals surface area contributed by atoms with Crippen molar-refractivity contribution in [1.29, 1.82) is 0 Å². The molecule has 1 saturated heterocycles. The van der Waals surface area contributed by atoms with Crippen LogP contribution in [-0.2, 0) is 11.3 Å². The van der Waals surface area contributed by atoms with E-state index in [9.17, 15) is 9.18 Å². The number of carbonyl (C=O) groups is 1. The molecule has 1 amide bonds. The average Bonchev–Trinajstić information content (AvgIpc) is 2.56. The molecule has 2 aromatic carbocycles. The van der Waals surface area contributed by atoms with Gasteiger partial charge in [-0.15, -0.1) is 0 Å². The van der Waals surface area contributed by atoms with Gasteiger partial charge in [-0.3, -0.25) is 9.69 Å². The van der Waals surface area contributed by atoms with Crippen LogP contribution < -0.4 is 4.90 Å². The van der Waals surface area contributed by atoms with E-state index in [4.69, 9.17) is 0 Å². The average molecular weight is 326 g/mol. The van der Waals surface area contributed by atoms with Gasteiger partial charge in [0.25, 0.3) is 0 Å². The van der Waals surface area contributed by atoms with Gasteiger partial charge in [-0.25, -0.2) is 4.39 Å². The predicted molar refractivity (Wildman–Crippen MR) is 94.5 cm³/mol. The maximum atomic E-state index is 13.9. The third-order valence-electron chi connectivity index (χ3n) is 4.77. The first-order valence-corrected chi connectivity index (χ1v) is 8.33. The van der Waals surface area contributed by atoms with E-state index in [-0.39, 0.29) is 17.8 Å². The lowest BCUT2D eigenvalue weighted by Crippen LogP contribution is -2.55. The molecule has 0 aromatic heterocycles. The number of aryl methyl sites for hydroxylation is 2. The molecule has 0 N–H and O–H groups in total. The van der Waals surface area contributed by atoms with Crippen LogP contribution in [0.15, 0.2) is 42.5 Å². The first kappa shape index (κ1) is 16.7. The van der Waals surface area contributed by atoms with E-state index in [2.05, 4.69) is 12.1 Å². The summed E-state index contributed by atoms with van der Waals surface area (Å²) in [6.07, 6.45) is 0. The predicted octanol–water partition coefficient (Wildman–Crippen LogP) is 3.68. The quantitative estimate of drug-likeness (QED) is 0.859. The van der Waals surface area contributed by atoms with E-state index in [1.165, 1.54) is 6.07 Å². The van der Waals surface area contributed by atoms with Gasteiger partial charge >= 0.3 is 0 Å². The number of nitrogens with zero attached hydrogens (tertiary/aromatic N) is 2. The third-order valence-corrected chi connectivity index (χ3v) is 4.77. The smallest absolute Gasteiger partial charge is 0.244 e. The van der Waals surface area contributed by atoms with E-state index in [0.29, 0.717) is 18.7 Å². The van der Waals surface area contributed by atoms with Gasteiger partial charge in [0.15, 0.2) is 0 Å². The van der Waals surface area contributed by atoms with Gasteiger partial charge in [0.2, 0.25) is 5.91 Å². The zero-order chi connectivity index (χ0) is 17.3. The van der Waals surface area contributed by atoms with Gasteiger partial charge in [-0.2, -0.15) is 0 Å². The maximum Gasteiger partial charge on any atom is 0.244 e. The minimum Gasteiger partial charge on any atom is -0.310 e. The molecule has 126 valence electrons. The fourth-order valence-electron chi connectivity index (χ4n) is 3.22. The Hall–Kier alpha value is -2.20. The molecule has 4 heteroatoms. The fraction of sp³-hybridized carbons (Fsp3) is 0.350. The van der Waals surface area contributed by atoms with E-state index in [1.54, 1.807) is 12.1 Å². The zero-order valence-electron chi connectivity index (χ0n) is 14.4. The minimum atomic E-state index is -0.265. The summed E-state index contributed by atoms with van der Waals surface area (Å²) in [5.41, 5.74) is 3.86. The van der Waals surface area contributed by atoms with Crippen molar-refractivity contribution in [2.75, 3.05) is 18.0 Å². The molecule has 1 aliphatic rings. The highest BCUT2D eigenvalue weighted by atomic mass is 19.1. The van der Waals surface area contributed by atoms with Gasteiger partial charge in [-0.1, -0.05) is 30.3 Å². The Balaban J connectivity index is 1.79. The molecule has 3 rings (SSSR count). The SMILES string of the molecule is Cc1ccc(C)c(N2CCN(Cc3ccccc3F)[C@@H](C)C2=O)c1. The summed E-state index contributed by atoms with van der Waals surface area (Å²) < 4.78 is 13.9. The van der Waals surface area contributed by atoms with Gasteiger partial charge in [-0.05, 0) is 44.0 Å². The normalized spacial score (nSPS) is 18.9. The number of piperazine rings is 1. The fourth-order valence-corrected chi connectivity index (χ4v) is 3.22. The van der Waals surface area contributed by atoms with Crippen molar-refractivity contribution in [3.63, 3.8) is 0 Å². The monoisotopic (exact) mass is 326 g/mol. The van der Waals surface area contributed by atoms with Crippen LogP contribution in [0.4, 0.5) is 10.1 Å². The van der Waals surface area contributed by atoms with E-state index < -0.39 is 0 Å². The molecule has 3 nitrogen and oxygen atoms in total. The Kier molecular flexibility index (Phi) is 4.67. The maximum absolute atomic E-state index is 13.9. The molecule has 0 radical (unpaired) electrons. The number of halogens is 1. The van der Waals surface area contributed by atoms with Crippen molar-refractivity contribution in [2.24, 2.45) is 0 Å². The highest BCUT2D eigenvalue weighted by Gasteiger charge is 2.33. The highest BCUT2D eigenvalue weighted by Crippen LogP contribution is 2.26. The number of amides is 1. The summed E-state index contributed by atoms with van der Waals surface area (Å²) in [6.45, 7) is 7.78. The molecule has 0 unspecified atom stereocenters. The second-order valence-electron chi connectivity index (χ2n) is 6.52. The van der Waals surface area contributed by atoms with Crippen molar-refractivity contribution in [3.8, 4) is 0 Å². The lowest BCUT2D eigenvalue weighted by molar-refractivity contribution is -0.125. The van der Waals surface area contributed by atoms with Crippen LogP contribution in [-0.4, -0.2) is 29.9 Å². The van der Waals surface area contributed by atoms with Crippen LogP contribution in [0.5, 0.6) is 0 Å². The van der Waals surface area contributed by atoms with Gasteiger partial charge in [0, 0.05) is 30.9 Å². The lowest BCUT2D eigenvalue weighted by atomic mass is 10.1. The first-order valence-electron chi connectivity index (χ1n) is 8.33. The topological polar surface area (TPSA) is 23.6 Å². The second kappa shape index (κ2) is 6.73. The van der Waals surface area contributed by atoms with Crippen molar-refractivity contribution in [3.05, 3.63) is 65.0 Å². The van der Waals surface area contributed by atoms with Crippen LogP contribution in [0.3, 0.4) is 0 Å². The summed E-state index contributed by atoms with van der Waals surface area (Å²) in [4.78, 5) is 16.8. The van der Waals surface area contributed by atoms with Gasteiger partial charge in [0.05, 0.1) is 6.04 Å². The largest absolute Gasteiger partial charge is 0.310 e. The van der Waals surface area contributed by atoms with Crippen LogP contribution in [0, 0.1) is 19.7 Å². The molecular weight excluding hydrogens is 303 g/mol. The number of rotatable bonds is 3. The van der Waals surface area contributed by atoms with Gasteiger partial charge in [0.1, 0.15) is 5.82 Å². The molecule has 0 bridgehead atoms. The van der Waals surface area contributed by atoms with Crippen molar-refractivity contribution in [2.45, 2.75) is 33.4 Å². The standard InChI is InChI=1S/C20H23FN2O/c1-14-8-9-15(2)19(12-14)23-11-10-22(16(3)20(23)24)13-17-6-4-5-7-18(17)21/h4-9,12,16H,10-11,13H2,1-3H3/t16-/m0/s1. The molecule has 2 aromatic rings. The van der Waals surface area contributed by atoms with E-state index >= 15 is 0 Å². The molecule has 0 saturated carbocycles. The van der Waals surface area contributed by atoms with Crippen LogP contribution in [0.1, 0.15) is 23.6 Å². The molecule has 1 atom stereocenters. The highest BCUT2D eigenvalue weighted by molar-refractivity contribution is 5.98. The molecule has 1 heterocycles. The second-order valence-corrected chi connectivity index (χ2v) is 6.52. The zero-order valence-corrected chi connectivity index (χ0v) is 14.4. The molecular formula is C20H23FN2O. The summed E-state index contributed by atoms with van der Waals surface area (Å²) in [6, 6.07) is 12.7. The Morgan fingerprint density at radius 2 is 1.88 bits per heavy atom. The summed E-state index contributed by atoms with van der Waals surface area (Å²) in [5.74, 6) is -0.139. The molecule has 1 aliphatic heterocycles. The molecule has 0 aliphatic carbocycles. The van der Waals surface area contributed by atoms with Gasteiger partial charge < -0.3 is 4.90 Å². The van der Waals surface area contributed by atoms with E-state index in [0.717, 1.165) is 23.4 Å². The lowest BCUT2D eigenvalue weighted by Gasteiger charge is -2.39. The number of anilines is 1. The first-order chi connectivity index (χ1) is 11.5. The molecule has 0 spiro atoms. The van der Waals surface area contributed by atoms with Crippen LogP contribution in [0.25, 0.3) is 0 Å². The summed E-state index contributed by atoms with van der Waals surface area (Å²) in [5, 5.41) is 0. The number of benzene rings is 2. The number of hydrogen-bond acceptors (Lipinski definition) is 2. The van der Waals surface area contributed by atoms with Crippen molar-refractivity contribution < 1.29 is 9.18 Å².